The molecule has 0 fully saturated rings. The average molecular weight is 294 g/mol. The van der Waals surface area contributed by atoms with Crippen molar-refractivity contribution < 1.29 is 23.9 Å². The standard InChI is InChI=1S/C14H18N2O5/c1-9-4-5-10(6-11(9)15)14(19)16(7-12(17)20-2)8-13(18)21-3/h4-6H,7-8,15H2,1-3H3. The van der Waals surface area contributed by atoms with E-state index in [0.717, 1.165) is 10.5 Å². The number of methoxy groups -OCH3 is 2. The molecule has 0 spiro atoms. The lowest BCUT2D eigenvalue weighted by Gasteiger charge is -2.20. The number of carbonyl (C=O) groups is 3. The molecule has 0 unspecified atom stereocenters. The summed E-state index contributed by atoms with van der Waals surface area (Å²) in [6.07, 6.45) is 0. The number of carbonyl (C=O) groups excluding carboxylic acids is 3. The van der Waals surface area contributed by atoms with E-state index in [0.29, 0.717) is 5.69 Å². The highest BCUT2D eigenvalue weighted by Gasteiger charge is 2.22. The first-order valence-corrected chi connectivity index (χ1v) is 6.18. The van der Waals surface area contributed by atoms with Gasteiger partial charge >= 0.3 is 11.9 Å². The molecule has 1 aromatic carbocycles. The zero-order valence-electron chi connectivity index (χ0n) is 12.2. The number of nitrogens with two attached hydrogens (primary N) is 1. The summed E-state index contributed by atoms with van der Waals surface area (Å²) in [5, 5.41) is 0. The number of nitrogen functional groups attached to an aromatic ring is 1. The zero-order valence-corrected chi connectivity index (χ0v) is 12.2. The molecule has 0 atom stereocenters. The Bertz CT molecular complexity index is 538. The number of esters is 2. The molecular weight excluding hydrogens is 276 g/mol. The molecular formula is C14H18N2O5. The number of hydrogen-bond donors (Lipinski definition) is 1. The van der Waals surface area contributed by atoms with E-state index in [2.05, 4.69) is 9.47 Å². The van der Waals surface area contributed by atoms with Crippen LogP contribution in [0.1, 0.15) is 15.9 Å². The highest BCUT2D eigenvalue weighted by molar-refractivity contribution is 5.98. The SMILES string of the molecule is COC(=O)CN(CC(=O)OC)C(=O)c1ccc(C)c(N)c1. The Kier molecular flexibility index (Phi) is 5.71. The maximum absolute atomic E-state index is 12.4. The number of hydrogen-bond acceptors (Lipinski definition) is 6. The van der Waals surface area contributed by atoms with Gasteiger partial charge in [-0.1, -0.05) is 6.07 Å². The minimum absolute atomic E-state index is 0.283. The fourth-order valence-corrected chi connectivity index (χ4v) is 1.60. The molecule has 0 aliphatic rings. The van der Waals surface area contributed by atoms with Gasteiger partial charge in [-0.3, -0.25) is 14.4 Å². The van der Waals surface area contributed by atoms with Gasteiger partial charge in [0, 0.05) is 11.3 Å². The van der Waals surface area contributed by atoms with Crippen molar-refractivity contribution in [3.05, 3.63) is 29.3 Å². The number of anilines is 1. The van der Waals surface area contributed by atoms with E-state index in [4.69, 9.17) is 5.73 Å². The highest BCUT2D eigenvalue weighted by Crippen LogP contribution is 2.14. The topological polar surface area (TPSA) is 98.9 Å². The third-order valence-electron chi connectivity index (χ3n) is 2.91. The van der Waals surface area contributed by atoms with Crippen LogP contribution in [0.15, 0.2) is 18.2 Å². The molecule has 0 saturated heterocycles. The van der Waals surface area contributed by atoms with Crippen LogP contribution in [0.5, 0.6) is 0 Å². The summed E-state index contributed by atoms with van der Waals surface area (Å²) in [5.41, 5.74) is 7.33. The summed E-state index contributed by atoms with van der Waals surface area (Å²) in [5.74, 6) is -1.77. The molecule has 0 aliphatic carbocycles. The number of rotatable bonds is 5. The predicted octanol–water partition coefficient (Wildman–Crippen LogP) is 0.365. The number of benzene rings is 1. The molecule has 0 aromatic heterocycles. The number of nitrogens with zero attached hydrogens (tertiary/aromatic N) is 1. The van der Waals surface area contributed by atoms with Gasteiger partial charge in [-0.25, -0.2) is 0 Å². The van der Waals surface area contributed by atoms with E-state index >= 15 is 0 Å². The lowest BCUT2D eigenvalue weighted by atomic mass is 10.1. The first-order valence-electron chi connectivity index (χ1n) is 6.18. The summed E-state index contributed by atoms with van der Waals surface area (Å²) in [6.45, 7) is 1.11. The van der Waals surface area contributed by atoms with E-state index in [1.165, 1.54) is 20.3 Å². The number of ether oxygens (including phenoxy) is 2. The van der Waals surface area contributed by atoms with Crippen LogP contribution in [0.2, 0.25) is 0 Å². The predicted molar refractivity (Wildman–Crippen MR) is 75.5 cm³/mol. The van der Waals surface area contributed by atoms with Crippen molar-refractivity contribution in [2.45, 2.75) is 6.92 Å². The molecule has 114 valence electrons. The summed E-state index contributed by atoms with van der Waals surface area (Å²) >= 11 is 0. The fraction of sp³-hybridized carbons (Fsp3) is 0.357. The molecule has 0 aliphatic heterocycles. The van der Waals surface area contributed by atoms with Gasteiger partial charge in [-0.05, 0) is 24.6 Å². The van der Waals surface area contributed by atoms with E-state index in [9.17, 15) is 14.4 Å². The molecule has 1 rings (SSSR count). The first kappa shape index (κ1) is 16.5. The normalized spacial score (nSPS) is 9.86. The molecule has 7 nitrogen and oxygen atoms in total. The smallest absolute Gasteiger partial charge is 0.325 e. The Morgan fingerprint density at radius 3 is 2.05 bits per heavy atom. The highest BCUT2D eigenvalue weighted by atomic mass is 16.5. The summed E-state index contributed by atoms with van der Waals surface area (Å²) < 4.78 is 9.03. The third-order valence-corrected chi connectivity index (χ3v) is 2.91. The van der Waals surface area contributed by atoms with Crippen molar-refractivity contribution in [2.75, 3.05) is 33.0 Å². The molecule has 7 heteroatoms. The quantitative estimate of drug-likeness (QED) is 0.622. The Balaban J connectivity index is 2.99. The van der Waals surface area contributed by atoms with E-state index < -0.39 is 17.8 Å². The van der Waals surface area contributed by atoms with Crippen LogP contribution in [-0.4, -0.2) is 50.1 Å². The molecule has 21 heavy (non-hydrogen) atoms. The fourth-order valence-electron chi connectivity index (χ4n) is 1.60. The maximum atomic E-state index is 12.4. The largest absolute Gasteiger partial charge is 0.468 e. The van der Waals surface area contributed by atoms with Crippen LogP contribution in [0.25, 0.3) is 0 Å². The van der Waals surface area contributed by atoms with Crippen LogP contribution in [-0.2, 0) is 19.1 Å². The molecule has 0 bridgehead atoms. The van der Waals surface area contributed by atoms with Crippen molar-refractivity contribution >= 4 is 23.5 Å². The van der Waals surface area contributed by atoms with E-state index in [1.807, 2.05) is 6.92 Å². The third kappa shape index (κ3) is 4.48. The second kappa shape index (κ2) is 7.28. The minimum Gasteiger partial charge on any atom is -0.468 e. The molecule has 0 saturated carbocycles. The average Bonchev–Trinajstić information content (AvgIpc) is 2.48. The van der Waals surface area contributed by atoms with Gasteiger partial charge in [0.05, 0.1) is 14.2 Å². The van der Waals surface area contributed by atoms with Gasteiger partial charge in [0.1, 0.15) is 13.1 Å². The van der Waals surface area contributed by atoms with Gasteiger partial charge in [0.15, 0.2) is 0 Å². The monoisotopic (exact) mass is 294 g/mol. The van der Waals surface area contributed by atoms with Gasteiger partial charge < -0.3 is 20.1 Å². The lowest BCUT2D eigenvalue weighted by molar-refractivity contribution is -0.144. The second-order valence-corrected chi connectivity index (χ2v) is 4.38. The van der Waals surface area contributed by atoms with Crippen LogP contribution in [0, 0.1) is 6.92 Å². The molecule has 0 radical (unpaired) electrons. The number of aryl methyl sites for hydroxylation is 1. The minimum atomic E-state index is -0.632. The molecule has 1 aromatic rings. The van der Waals surface area contributed by atoms with Gasteiger partial charge in [-0.15, -0.1) is 0 Å². The summed E-state index contributed by atoms with van der Waals surface area (Å²) in [4.78, 5) is 36.1. The Morgan fingerprint density at radius 1 is 1.10 bits per heavy atom. The number of amides is 1. The second-order valence-electron chi connectivity index (χ2n) is 4.38. The van der Waals surface area contributed by atoms with Crippen molar-refractivity contribution in [3.63, 3.8) is 0 Å². The molecule has 2 N–H and O–H groups in total. The summed E-state index contributed by atoms with van der Waals surface area (Å²) in [6, 6.07) is 4.77. The van der Waals surface area contributed by atoms with E-state index in [-0.39, 0.29) is 18.7 Å². The summed E-state index contributed by atoms with van der Waals surface area (Å²) in [7, 11) is 2.40. The molecule has 1 amide bonds. The van der Waals surface area contributed by atoms with Crippen molar-refractivity contribution in [1.82, 2.24) is 4.90 Å². The Morgan fingerprint density at radius 2 is 1.62 bits per heavy atom. The Hall–Kier alpha value is -2.57. The zero-order chi connectivity index (χ0) is 16.0. The van der Waals surface area contributed by atoms with Crippen molar-refractivity contribution in [1.29, 1.82) is 0 Å². The van der Waals surface area contributed by atoms with Crippen LogP contribution >= 0.6 is 0 Å². The Labute approximate surface area is 122 Å². The van der Waals surface area contributed by atoms with Crippen LogP contribution in [0.3, 0.4) is 0 Å². The van der Waals surface area contributed by atoms with Gasteiger partial charge in [0.2, 0.25) is 0 Å². The van der Waals surface area contributed by atoms with E-state index in [1.54, 1.807) is 12.1 Å². The maximum Gasteiger partial charge on any atom is 0.325 e. The van der Waals surface area contributed by atoms with Crippen molar-refractivity contribution in [2.24, 2.45) is 0 Å². The lowest BCUT2D eigenvalue weighted by Crippen LogP contribution is -2.40. The van der Waals surface area contributed by atoms with Gasteiger partial charge in [-0.2, -0.15) is 0 Å². The van der Waals surface area contributed by atoms with Crippen molar-refractivity contribution in [3.8, 4) is 0 Å². The van der Waals surface area contributed by atoms with Gasteiger partial charge in [0.25, 0.3) is 5.91 Å². The molecule has 0 heterocycles. The van der Waals surface area contributed by atoms with Crippen LogP contribution < -0.4 is 5.73 Å². The van der Waals surface area contributed by atoms with Crippen LogP contribution in [0.4, 0.5) is 5.69 Å². The first-order chi connectivity index (χ1) is 9.88.